The van der Waals surface area contributed by atoms with Crippen LogP contribution in [0.15, 0.2) is 114 Å². The summed E-state index contributed by atoms with van der Waals surface area (Å²) in [4.78, 5) is 13.2. The van der Waals surface area contributed by atoms with Gasteiger partial charge in [-0.25, -0.2) is 0 Å². The smallest absolute Gasteiger partial charge is 0.231 e. The molecule has 37 heavy (non-hydrogen) atoms. The molecule has 0 aliphatic carbocycles. The maximum atomic E-state index is 13.2. The highest BCUT2D eigenvalue weighted by molar-refractivity contribution is 7.99. The molecule has 1 N–H and O–H groups in total. The fourth-order valence-corrected chi connectivity index (χ4v) is 5.05. The summed E-state index contributed by atoms with van der Waals surface area (Å²) in [5, 5.41) is 13.5. The van der Waals surface area contributed by atoms with Crippen molar-refractivity contribution in [3.63, 3.8) is 0 Å². The van der Waals surface area contributed by atoms with E-state index in [1.807, 2.05) is 121 Å². The second kappa shape index (κ2) is 11.5. The first-order chi connectivity index (χ1) is 18.1. The number of benzene rings is 4. The lowest BCUT2D eigenvalue weighted by molar-refractivity contribution is -0.119. The molecule has 0 spiro atoms. The predicted octanol–water partition coefficient (Wildman–Crippen LogP) is 6.89. The predicted molar refractivity (Wildman–Crippen MR) is 150 cm³/mol. The molecule has 0 fully saturated rings. The number of aromatic nitrogens is 3. The van der Waals surface area contributed by atoms with Gasteiger partial charge in [0, 0.05) is 10.6 Å². The molecule has 0 saturated carbocycles. The first kappa shape index (κ1) is 24.8. The lowest BCUT2D eigenvalue weighted by Gasteiger charge is -2.20. The number of para-hydroxylation sites is 1. The van der Waals surface area contributed by atoms with Crippen LogP contribution in [-0.4, -0.2) is 26.4 Å². The number of thioether (sulfide) groups is 1. The van der Waals surface area contributed by atoms with E-state index in [2.05, 4.69) is 15.5 Å². The van der Waals surface area contributed by atoms with Crippen LogP contribution in [0.25, 0.3) is 17.1 Å². The molecule has 0 saturated heterocycles. The monoisotopic (exact) mass is 524 g/mol. The number of hydrogen-bond acceptors (Lipinski definition) is 4. The minimum absolute atomic E-state index is 0.0879. The van der Waals surface area contributed by atoms with E-state index in [-0.39, 0.29) is 17.7 Å². The van der Waals surface area contributed by atoms with Crippen molar-refractivity contribution in [2.75, 3.05) is 5.75 Å². The molecule has 5 aromatic rings. The van der Waals surface area contributed by atoms with Crippen molar-refractivity contribution in [3.05, 3.63) is 131 Å². The number of aryl methyl sites for hydroxylation is 1. The van der Waals surface area contributed by atoms with Crippen molar-refractivity contribution in [1.82, 2.24) is 20.1 Å². The van der Waals surface area contributed by atoms with Gasteiger partial charge in [0.15, 0.2) is 11.0 Å². The Bertz CT molecular complexity index is 1450. The van der Waals surface area contributed by atoms with Crippen molar-refractivity contribution < 1.29 is 4.79 Å². The second-order valence-electron chi connectivity index (χ2n) is 8.55. The number of carbonyl (C=O) groups is 1. The first-order valence-corrected chi connectivity index (χ1v) is 13.3. The number of rotatable bonds is 8. The lowest BCUT2D eigenvalue weighted by atomic mass is 9.99. The summed E-state index contributed by atoms with van der Waals surface area (Å²) in [6.45, 7) is 2.05. The Kier molecular flexibility index (Phi) is 7.68. The third kappa shape index (κ3) is 5.77. The number of nitrogens with zero attached hydrogens (tertiary/aromatic N) is 3. The summed E-state index contributed by atoms with van der Waals surface area (Å²) in [5.41, 5.74) is 4.99. The normalized spacial score (nSPS) is 11.0. The molecular formula is C30H25ClN4OS. The van der Waals surface area contributed by atoms with Gasteiger partial charge < -0.3 is 5.32 Å². The zero-order valence-corrected chi connectivity index (χ0v) is 21.8. The van der Waals surface area contributed by atoms with Crippen LogP contribution in [0.5, 0.6) is 0 Å². The van der Waals surface area contributed by atoms with E-state index in [1.54, 1.807) is 0 Å². The summed E-state index contributed by atoms with van der Waals surface area (Å²) in [7, 11) is 0. The molecule has 0 bridgehead atoms. The summed E-state index contributed by atoms with van der Waals surface area (Å²) in [6, 6.07) is 35.3. The van der Waals surface area contributed by atoms with Crippen LogP contribution in [-0.2, 0) is 4.79 Å². The largest absolute Gasteiger partial charge is 0.344 e. The van der Waals surface area contributed by atoms with Gasteiger partial charge in [-0.1, -0.05) is 102 Å². The molecule has 4 aromatic carbocycles. The molecule has 0 radical (unpaired) electrons. The highest BCUT2D eigenvalue weighted by Crippen LogP contribution is 2.30. The van der Waals surface area contributed by atoms with Gasteiger partial charge in [-0.05, 0) is 53.9 Å². The van der Waals surface area contributed by atoms with Crippen LogP contribution in [0.4, 0.5) is 0 Å². The van der Waals surface area contributed by atoms with Crippen LogP contribution in [0.2, 0.25) is 5.02 Å². The Morgan fingerprint density at radius 1 is 0.838 bits per heavy atom. The lowest BCUT2D eigenvalue weighted by Crippen LogP contribution is -2.30. The standard InChI is InChI=1S/C30H25ClN4OS/c1-21-10-8-9-15-26(21)35-29(24-16-18-25(31)19-17-24)33-34-30(35)37-20-27(36)32-28(22-11-4-2-5-12-22)23-13-6-3-7-14-23/h2-19,28H,20H2,1H3,(H,32,36). The quantitative estimate of drug-likeness (QED) is 0.224. The topological polar surface area (TPSA) is 59.8 Å². The maximum Gasteiger partial charge on any atom is 0.231 e. The fraction of sp³-hybridized carbons (Fsp3) is 0.100. The molecule has 184 valence electrons. The van der Waals surface area contributed by atoms with E-state index >= 15 is 0 Å². The third-order valence-corrected chi connectivity index (χ3v) is 7.18. The van der Waals surface area contributed by atoms with E-state index in [1.165, 1.54) is 11.8 Å². The Balaban J connectivity index is 1.41. The molecule has 0 atom stereocenters. The van der Waals surface area contributed by atoms with E-state index in [9.17, 15) is 4.79 Å². The van der Waals surface area contributed by atoms with Crippen molar-refractivity contribution >= 4 is 29.3 Å². The average molecular weight is 525 g/mol. The highest BCUT2D eigenvalue weighted by Gasteiger charge is 2.20. The molecule has 0 aliphatic heterocycles. The second-order valence-corrected chi connectivity index (χ2v) is 9.92. The molecule has 1 amide bonds. The molecule has 0 unspecified atom stereocenters. The van der Waals surface area contributed by atoms with E-state index in [0.29, 0.717) is 16.0 Å². The minimum atomic E-state index is -0.241. The maximum absolute atomic E-state index is 13.2. The van der Waals surface area contributed by atoms with Crippen molar-refractivity contribution in [1.29, 1.82) is 0 Å². The van der Waals surface area contributed by atoms with Crippen LogP contribution >= 0.6 is 23.4 Å². The van der Waals surface area contributed by atoms with Gasteiger partial charge in [-0.2, -0.15) is 0 Å². The fourth-order valence-electron chi connectivity index (χ4n) is 4.16. The van der Waals surface area contributed by atoms with E-state index < -0.39 is 0 Å². The number of nitrogens with one attached hydrogen (secondary N) is 1. The Hall–Kier alpha value is -3.87. The van der Waals surface area contributed by atoms with Gasteiger partial charge in [-0.3, -0.25) is 9.36 Å². The SMILES string of the molecule is Cc1ccccc1-n1c(SCC(=O)NC(c2ccccc2)c2ccccc2)nnc1-c1ccc(Cl)cc1. The zero-order valence-electron chi connectivity index (χ0n) is 20.2. The number of halogens is 1. The van der Waals surface area contributed by atoms with Gasteiger partial charge in [0.05, 0.1) is 17.5 Å². The molecule has 5 rings (SSSR count). The summed E-state index contributed by atoms with van der Waals surface area (Å²) in [6.07, 6.45) is 0. The zero-order chi connectivity index (χ0) is 25.6. The third-order valence-electron chi connectivity index (χ3n) is 6.00. The molecule has 7 heteroatoms. The molecule has 0 aliphatic rings. The summed E-state index contributed by atoms with van der Waals surface area (Å²) >= 11 is 7.47. The average Bonchev–Trinajstić information content (AvgIpc) is 3.36. The summed E-state index contributed by atoms with van der Waals surface area (Å²) < 4.78 is 2.00. The van der Waals surface area contributed by atoms with Crippen molar-refractivity contribution in [2.45, 2.75) is 18.1 Å². The van der Waals surface area contributed by atoms with Gasteiger partial charge in [-0.15, -0.1) is 10.2 Å². The van der Waals surface area contributed by atoms with Crippen LogP contribution < -0.4 is 5.32 Å². The van der Waals surface area contributed by atoms with Crippen LogP contribution in [0, 0.1) is 6.92 Å². The Morgan fingerprint density at radius 2 is 1.43 bits per heavy atom. The highest BCUT2D eigenvalue weighted by atomic mass is 35.5. The first-order valence-electron chi connectivity index (χ1n) is 11.9. The summed E-state index contributed by atoms with van der Waals surface area (Å²) in [5.74, 6) is 0.802. The van der Waals surface area contributed by atoms with Crippen LogP contribution in [0.3, 0.4) is 0 Å². The number of hydrogen-bond donors (Lipinski definition) is 1. The van der Waals surface area contributed by atoms with E-state index in [4.69, 9.17) is 11.6 Å². The van der Waals surface area contributed by atoms with Gasteiger partial charge in [0.1, 0.15) is 0 Å². The van der Waals surface area contributed by atoms with Crippen LogP contribution in [0.1, 0.15) is 22.7 Å². The van der Waals surface area contributed by atoms with Crippen molar-refractivity contribution in [2.24, 2.45) is 0 Å². The number of amides is 1. The van der Waals surface area contributed by atoms with Gasteiger partial charge >= 0.3 is 0 Å². The molecule has 1 aromatic heterocycles. The van der Waals surface area contributed by atoms with E-state index in [0.717, 1.165) is 27.9 Å². The molecule has 1 heterocycles. The molecular weight excluding hydrogens is 500 g/mol. The minimum Gasteiger partial charge on any atom is -0.344 e. The van der Waals surface area contributed by atoms with Gasteiger partial charge in [0.25, 0.3) is 0 Å². The Labute approximate surface area is 225 Å². The molecule has 5 nitrogen and oxygen atoms in total. The Morgan fingerprint density at radius 3 is 2.05 bits per heavy atom. The number of carbonyl (C=O) groups excluding carboxylic acids is 1. The van der Waals surface area contributed by atoms with Crippen molar-refractivity contribution in [3.8, 4) is 17.1 Å². The van der Waals surface area contributed by atoms with Gasteiger partial charge in [0.2, 0.25) is 5.91 Å².